The zero-order valence-corrected chi connectivity index (χ0v) is 22.1. The molecule has 0 heterocycles. The highest BCUT2D eigenvalue weighted by Gasteiger charge is 2.31. The number of nitrogens with zero attached hydrogens (tertiary/aromatic N) is 1. The van der Waals surface area contributed by atoms with Crippen molar-refractivity contribution in [3.8, 4) is 5.75 Å². The van der Waals surface area contributed by atoms with Crippen LogP contribution >= 0.6 is 0 Å². The summed E-state index contributed by atoms with van der Waals surface area (Å²) in [5.41, 5.74) is 21.9. The quantitative estimate of drug-likeness (QED) is 0.0501. The fourth-order valence-electron chi connectivity index (χ4n) is 3.43. The summed E-state index contributed by atoms with van der Waals surface area (Å²) in [6.45, 7) is 1.41. The van der Waals surface area contributed by atoms with Crippen LogP contribution in [0.25, 0.3) is 0 Å². The molecule has 0 spiro atoms. The molecule has 0 bridgehead atoms. The fourth-order valence-corrected chi connectivity index (χ4v) is 3.43. The summed E-state index contributed by atoms with van der Waals surface area (Å²) < 4.78 is 0. The highest BCUT2D eigenvalue weighted by molar-refractivity contribution is 5.94. The van der Waals surface area contributed by atoms with Gasteiger partial charge in [-0.1, -0.05) is 12.1 Å². The maximum absolute atomic E-state index is 13.3. The van der Waals surface area contributed by atoms with E-state index in [9.17, 15) is 39.3 Å². The Morgan fingerprint density at radius 3 is 1.95 bits per heavy atom. The van der Waals surface area contributed by atoms with Gasteiger partial charge >= 0.3 is 5.97 Å². The number of aliphatic hydroxyl groups is 1. The number of guanidine groups is 1. The number of aliphatic hydroxyl groups excluding tert-OH is 1. The Kier molecular flexibility index (Phi) is 13.9. The van der Waals surface area contributed by atoms with E-state index in [1.54, 1.807) is 0 Å². The van der Waals surface area contributed by atoms with Gasteiger partial charge < -0.3 is 54.2 Å². The molecule has 16 heteroatoms. The number of rotatable bonds is 17. The van der Waals surface area contributed by atoms with Crippen molar-refractivity contribution >= 4 is 35.6 Å². The van der Waals surface area contributed by atoms with E-state index >= 15 is 0 Å². The second-order valence-electron chi connectivity index (χ2n) is 9.11. The topological polar surface area (TPSA) is 299 Å². The van der Waals surface area contributed by atoms with E-state index in [1.165, 1.54) is 31.2 Å². The van der Waals surface area contributed by atoms with Gasteiger partial charge in [-0.05, 0) is 43.9 Å². The number of primary amides is 1. The molecule has 16 nitrogen and oxygen atoms in total. The zero-order valence-electron chi connectivity index (χ0n) is 22.1. The van der Waals surface area contributed by atoms with Crippen molar-refractivity contribution in [1.82, 2.24) is 16.0 Å². The maximum Gasteiger partial charge on any atom is 0.326 e. The van der Waals surface area contributed by atoms with Gasteiger partial charge in [0.2, 0.25) is 23.6 Å². The molecule has 0 aliphatic heterocycles. The van der Waals surface area contributed by atoms with Crippen molar-refractivity contribution < 1.29 is 39.3 Å². The Balaban J connectivity index is 3.13. The normalized spacial score (nSPS) is 14.5. The first-order valence-corrected chi connectivity index (χ1v) is 12.4. The molecule has 222 valence electrons. The minimum absolute atomic E-state index is 0.0283. The molecule has 0 saturated carbocycles. The summed E-state index contributed by atoms with van der Waals surface area (Å²) in [5, 5.41) is 35.9. The minimum atomic E-state index is -1.40. The Bertz CT molecular complexity index is 1060. The van der Waals surface area contributed by atoms with Crippen LogP contribution in [0.5, 0.6) is 5.75 Å². The van der Waals surface area contributed by atoms with Crippen LogP contribution in [-0.2, 0) is 30.4 Å². The van der Waals surface area contributed by atoms with Crippen molar-refractivity contribution in [3.63, 3.8) is 0 Å². The average Bonchev–Trinajstić information content (AvgIpc) is 2.87. The van der Waals surface area contributed by atoms with E-state index in [-0.39, 0.29) is 50.4 Å². The number of aliphatic imine (C=N–C) groups is 1. The van der Waals surface area contributed by atoms with Gasteiger partial charge in [0, 0.05) is 19.4 Å². The van der Waals surface area contributed by atoms with Crippen LogP contribution in [0, 0.1) is 0 Å². The molecule has 0 aliphatic rings. The number of carboxylic acids is 1. The van der Waals surface area contributed by atoms with Crippen molar-refractivity contribution in [2.75, 3.05) is 6.54 Å². The highest BCUT2D eigenvalue weighted by Crippen LogP contribution is 2.12. The van der Waals surface area contributed by atoms with Gasteiger partial charge in [-0.25, -0.2) is 4.79 Å². The summed E-state index contributed by atoms with van der Waals surface area (Å²) in [4.78, 5) is 65.6. The third kappa shape index (κ3) is 12.4. The van der Waals surface area contributed by atoms with E-state index in [2.05, 4.69) is 20.9 Å². The number of phenolic OH excluding ortho intramolecular Hbond substituents is 1. The molecule has 5 unspecified atom stereocenters. The molecule has 14 N–H and O–H groups in total. The van der Waals surface area contributed by atoms with Gasteiger partial charge in [-0.15, -0.1) is 0 Å². The average molecular weight is 567 g/mol. The monoisotopic (exact) mass is 566 g/mol. The largest absolute Gasteiger partial charge is 0.508 e. The molecule has 0 saturated heterocycles. The molecule has 1 rings (SSSR count). The molecule has 1 aromatic rings. The Labute approximate surface area is 230 Å². The number of nitrogens with two attached hydrogens (primary N) is 4. The van der Waals surface area contributed by atoms with E-state index in [0.717, 1.165) is 0 Å². The lowest BCUT2D eigenvalue weighted by Crippen LogP contribution is -2.58. The Morgan fingerprint density at radius 1 is 0.875 bits per heavy atom. The molecule has 0 radical (unpaired) electrons. The molecule has 40 heavy (non-hydrogen) atoms. The number of aliphatic carboxylic acids is 1. The van der Waals surface area contributed by atoms with Crippen LogP contribution in [0.2, 0.25) is 0 Å². The van der Waals surface area contributed by atoms with Crippen LogP contribution in [-0.4, -0.2) is 87.7 Å². The third-order valence-electron chi connectivity index (χ3n) is 5.70. The Morgan fingerprint density at radius 2 is 1.43 bits per heavy atom. The van der Waals surface area contributed by atoms with Crippen molar-refractivity contribution in [2.45, 2.75) is 69.3 Å². The molecule has 0 aliphatic carbocycles. The summed E-state index contributed by atoms with van der Waals surface area (Å²) >= 11 is 0. The minimum Gasteiger partial charge on any atom is -0.508 e. The lowest BCUT2D eigenvalue weighted by atomic mass is 10.0. The number of phenols is 1. The summed E-state index contributed by atoms with van der Waals surface area (Å²) in [6.07, 6.45) is -1.73. The predicted molar refractivity (Wildman–Crippen MR) is 143 cm³/mol. The molecule has 4 amide bonds. The van der Waals surface area contributed by atoms with Gasteiger partial charge in [0.05, 0.1) is 6.10 Å². The lowest BCUT2D eigenvalue weighted by molar-refractivity contribution is -0.142. The van der Waals surface area contributed by atoms with Crippen LogP contribution in [0.4, 0.5) is 0 Å². The first-order chi connectivity index (χ1) is 18.7. The number of hydrogen-bond acceptors (Lipinski definition) is 9. The molecule has 0 aromatic heterocycles. The number of nitrogens with one attached hydrogen (secondary N) is 3. The molecular weight excluding hydrogens is 528 g/mol. The number of carbonyl (C=O) groups excluding carboxylic acids is 4. The molecular formula is C24H38N8O8. The summed E-state index contributed by atoms with van der Waals surface area (Å²) in [7, 11) is 0. The number of carbonyl (C=O) groups is 5. The fraction of sp³-hybridized carbons (Fsp3) is 0.500. The Hall–Kier alpha value is -4.44. The lowest BCUT2D eigenvalue weighted by Gasteiger charge is -2.25. The zero-order chi connectivity index (χ0) is 30.4. The smallest absolute Gasteiger partial charge is 0.326 e. The van der Waals surface area contributed by atoms with Crippen LogP contribution < -0.4 is 38.9 Å². The van der Waals surface area contributed by atoms with Crippen molar-refractivity contribution in [3.05, 3.63) is 29.8 Å². The van der Waals surface area contributed by atoms with E-state index < -0.39 is 59.9 Å². The van der Waals surface area contributed by atoms with E-state index in [4.69, 9.17) is 22.9 Å². The van der Waals surface area contributed by atoms with Gasteiger partial charge in [0.1, 0.15) is 29.9 Å². The number of carboxylic acid groups (broad SMARTS) is 1. The van der Waals surface area contributed by atoms with Gasteiger partial charge in [0.25, 0.3) is 0 Å². The molecule has 5 atom stereocenters. The summed E-state index contributed by atoms with van der Waals surface area (Å²) in [6, 6.07) is 0.336. The standard InChI is InChI=1S/C24H38N8O8/c1-12(33)19(26)22(38)32-17(11-13-4-6-14(34)7-5-13)21(37)30-15(8-9-18(25)35)20(36)31-16(23(39)40)3-2-10-29-24(27)28/h4-7,12,15-17,19,33-34H,2-3,8-11,26H2,1H3,(H2,25,35)(H,30,37)(H,31,36)(H,32,38)(H,39,40)(H4,27,28,29). The van der Waals surface area contributed by atoms with Gasteiger partial charge in [-0.2, -0.15) is 0 Å². The number of amides is 4. The number of hydrogen-bond donors (Lipinski definition) is 10. The van der Waals surface area contributed by atoms with E-state index in [1.807, 2.05) is 0 Å². The van der Waals surface area contributed by atoms with E-state index in [0.29, 0.717) is 5.56 Å². The predicted octanol–water partition coefficient (Wildman–Crippen LogP) is -3.50. The number of aromatic hydroxyl groups is 1. The van der Waals surface area contributed by atoms with Crippen LogP contribution in [0.3, 0.4) is 0 Å². The highest BCUT2D eigenvalue weighted by atomic mass is 16.4. The van der Waals surface area contributed by atoms with Gasteiger partial charge in [0.15, 0.2) is 5.96 Å². The van der Waals surface area contributed by atoms with Crippen LogP contribution in [0.15, 0.2) is 29.3 Å². The first kappa shape index (κ1) is 33.6. The maximum atomic E-state index is 13.3. The van der Waals surface area contributed by atoms with Crippen molar-refractivity contribution in [1.29, 1.82) is 0 Å². The SMILES string of the molecule is CC(O)C(N)C(=O)NC(Cc1ccc(O)cc1)C(=O)NC(CCC(N)=O)C(=O)NC(CCCN=C(N)N)C(=O)O. The third-order valence-corrected chi connectivity index (χ3v) is 5.70. The van der Waals surface area contributed by atoms with Crippen LogP contribution in [0.1, 0.15) is 38.2 Å². The second-order valence-corrected chi connectivity index (χ2v) is 9.11. The molecule has 1 aromatic carbocycles. The van der Waals surface area contributed by atoms with Crippen molar-refractivity contribution in [2.24, 2.45) is 27.9 Å². The van der Waals surface area contributed by atoms with Gasteiger partial charge in [-0.3, -0.25) is 24.2 Å². The summed E-state index contributed by atoms with van der Waals surface area (Å²) in [5.74, 6) is -4.92. The second kappa shape index (κ2) is 16.5. The number of benzene rings is 1. The first-order valence-electron chi connectivity index (χ1n) is 12.4. The molecule has 0 fully saturated rings.